The van der Waals surface area contributed by atoms with Crippen LogP contribution in [0.4, 0.5) is 4.79 Å². The Hall–Kier alpha value is -1.26. The zero-order valence-corrected chi connectivity index (χ0v) is 12.2. The second-order valence-electron chi connectivity index (χ2n) is 5.51. The lowest BCUT2D eigenvalue weighted by Crippen LogP contribution is -2.59. The quantitative estimate of drug-likeness (QED) is 0.901. The monoisotopic (exact) mass is 296 g/mol. The van der Waals surface area contributed by atoms with E-state index in [0.29, 0.717) is 18.6 Å². The van der Waals surface area contributed by atoms with E-state index in [2.05, 4.69) is 10.6 Å². The molecule has 0 aromatic heterocycles. The number of carbonyl (C=O) groups excluding carboxylic acids is 1. The van der Waals surface area contributed by atoms with Crippen LogP contribution in [0.25, 0.3) is 0 Å². The van der Waals surface area contributed by atoms with Crippen LogP contribution in [-0.4, -0.2) is 24.7 Å². The van der Waals surface area contributed by atoms with Gasteiger partial charge in [-0.3, -0.25) is 0 Å². The van der Waals surface area contributed by atoms with E-state index in [0.717, 1.165) is 24.9 Å². The van der Waals surface area contributed by atoms with Gasteiger partial charge in [-0.2, -0.15) is 0 Å². The molecule has 1 amide bonds. The number of carbonyl (C=O) groups is 1. The zero-order chi connectivity index (χ0) is 13.1. The molecule has 2 N–H and O–H groups in total. The number of piperidine rings is 2. The van der Waals surface area contributed by atoms with Crippen molar-refractivity contribution in [2.75, 3.05) is 6.54 Å². The molecule has 1 saturated carbocycles. The standard InChI is InChI=1S/C15H20N2O2.ClH/c18-15(19-10-11-4-2-1-3-5-11)17-14-8-12-6-7-13(14)16-9-12;/h1-5,12-14,16H,6-10H2,(H,17,18);1H. The van der Waals surface area contributed by atoms with Crippen LogP contribution in [0.2, 0.25) is 0 Å². The fraction of sp³-hybridized carbons (Fsp3) is 0.533. The van der Waals surface area contributed by atoms with Crippen LogP contribution in [0.5, 0.6) is 0 Å². The van der Waals surface area contributed by atoms with Crippen molar-refractivity contribution in [2.24, 2.45) is 5.92 Å². The van der Waals surface area contributed by atoms with Gasteiger partial charge in [-0.1, -0.05) is 30.3 Å². The number of benzene rings is 1. The number of amides is 1. The topological polar surface area (TPSA) is 50.4 Å². The first-order valence-corrected chi connectivity index (χ1v) is 7.02. The van der Waals surface area contributed by atoms with Crippen LogP contribution in [0.1, 0.15) is 24.8 Å². The highest BCUT2D eigenvalue weighted by molar-refractivity contribution is 5.85. The first-order chi connectivity index (χ1) is 9.31. The van der Waals surface area contributed by atoms with Crippen LogP contribution in [0.3, 0.4) is 0 Å². The fourth-order valence-corrected chi connectivity index (χ4v) is 3.08. The molecular weight excluding hydrogens is 276 g/mol. The van der Waals surface area contributed by atoms with E-state index in [9.17, 15) is 4.79 Å². The Morgan fingerprint density at radius 1 is 1.30 bits per heavy atom. The van der Waals surface area contributed by atoms with E-state index < -0.39 is 0 Å². The Kier molecular flexibility index (Phi) is 5.26. The van der Waals surface area contributed by atoms with Crippen molar-refractivity contribution < 1.29 is 9.53 Å². The minimum absolute atomic E-state index is 0. The van der Waals surface area contributed by atoms with Gasteiger partial charge in [-0.05, 0) is 37.3 Å². The summed E-state index contributed by atoms with van der Waals surface area (Å²) in [5, 5.41) is 6.47. The maximum Gasteiger partial charge on any atom is 0.407 e. The molecule has 1 aromatic rings. The molecule has 1 aromatic carbocycles. The first kappa shape index (κ1) is 15.1. The second-order valence-corrected chi connectivity index (χ2v) is 5.51. The molecule has 3 unspecified atom stereocenters. The van der Waals surface area contributed by atoms with Crippen LogP contribution in [-0.2, 0) is 11.3 Å². The van der Waals surface area contributed by atoms with Crippen molar-refractivity contribution in [1.82, 2.24) is 10.6 Å². The average Bonchev–Trinajstić information content (AvgIpc) is 2.47. The Balaban J connectivity index is 0.00000147. The Labute approximate surface area is 125 Å². The summed E-state index contributed by atoms with van der Waals surface area (Å²) in [4.78, 5) is 11.8. The van der Waals surface area contributed by atoms with Gasteiger partial charge in [0.25, 0.3) is 0 Å². The van der Waals surface area contributed by atoms with Gasteiger partial charge in [-0.25, -0.2) is 4.79 Å². The number of fused-ring (bicyclic) bond motifs is 3. The molecule has 0 spiro atoms. The minimum Gasteiger partial charge on any atom is -0.445 e. The second kappa shape index (κ2) is 6.95. The molecule has 2 bridgehead atoms. The van der Waals surface area contributed by atoms with Gasteiger partial charge in [0.2, 0.25) is 0 Å². The molecule has 2 saturated heterocycles. The van der Waals surface area contributed by atoms with Crippen molar-refractivity contribution in [3.05, 3.63) is 35.9 Å². The van der Waals surface area contributed by atoms with Crippen LogP contribution in [0, 0.1) is 5.92 Å². The third kappa shape index (κ3) is 3.64. The van der Waals surface area contributed by atoms with Gasteiger partial charge in [0.15, 0.2) is 0 Å². The maximum absolute atomic E-state index is 11.8. The SMILES string of the molecule is Cl.O=C(NC1CC2CCC1NC2)OCc1ccccc1. The van der Waals surface area contributed by atoms with Gasteiger partial charge in [0.1, 0.15) is 6.61 Å². The number of hydrogen-bond acceptors (Lipinski definition) is 3. The third-order valence-corrected chi connectivity index (χ3v) is 4.14. The molecule has 0 radical (unpaired) electrons. The molecule has 20 heavy (non-hydrogen) atoms. The molecule has 3 atom stereocenters. The van der Waals surface area contributed by atoms with E-state index in [1.165, 1.54) is 6.42 Å². The first-order valence-electron chi connectivity index (χ1n) is 7.02. The number of ether oxygens (including phenoxy) is 1. The summed E-state index contributed by atoms with van der Waals surface area (Å²) in [6, 6.07) is 10.4. The van der Waals surface area contributed by atoms with Gasteiger partial charge in [0, 0.05) is 12.1 Å². The highest BCUT2D eigenvalue weighted by Gasteiger charge is 2.36. The summed E-state index contributed by atoms with van der Waals surface area (Å²) in [7, 11) is 0. The van der Waals surface area contributed by atoms with E-state index in [-0.39, 0.29) is 24.5 Å². The predicted octanol–water partition coefficient (Wildman–Crippen LogP) is 2.48. The van der Waals surface area contributed by atoms with Crippen molar-refractivity contribution >= 4 is 18.5 Å². The molecule has 4 nitrogen and oxygen atoms in total. The summed E-state index contributed by atoms with van der Waals surface area (Å²) in [6.45, 7) is 1.43. The summed E-state index contributed by atoms with van der Waals surface area (Å²) in [5.41, 5.74) is 1.01. The zero-order valence-electron chi connectivity index (χ0n) is 11.4. The predicted molar refractivity (Wildman–Crippen MR) is 79.9 cm³/mol. The number of nitrogens with one attached hydrogen (secondary N) is 2. The van der Waals surface area contributed by atoms with Crippen molar-refractivity contribution in [1.29, 1.82) is 0 Å². The Morgan fingerprint density at radius 2 is 2.10 bits per heavy atom. The number of alkyl carbamates (subject to hydrolysis) is 1. The summed E-state index contributed by atoms with van der Waals surface area (Å²) < 4.78 is 5.26. The number of halogens is 1. The summed E-state index contributed by atoms with van der Waals surface area (Å²) >= 11 is 0. The lowest BCUT2D eigenvalue weighted by molar-refractivity contribution is 0.113. The van der Waals surface area contributed by atoms with Crippen molar-refractivity contribution in [3.8, 4) is 0 Å². The highest BCUT2D eigenvalue weighted by atomic mass is 35.5. The molecule has 5 heteroatoms. The normalized spacial score (nSPS) is 27.5. The smallest absolute Gasteiger partial charge is 0.407 e. The van der Waals surface area contributed by atoms with E-state index >= 15 is 0 Å². The molecule has 110 valence electrons. The third-order valence-electron chi connectivity index (χ3n) is 4.14. The molecule has 2 heterocycles. The lowest BCUT2D eigenvalue weighted by atomic mass is 9.78. The molecule has 3 aliphatic rings. The van der Waals surface area contributed by atoms with E-state index in [1.807, 2.05) is 30.3 Å². The van der Waals surface area contributed by atoms with Gasteiger partial charge in [-0.15, -0.1) is 12.4 Å². The van der Waals surface area contributed by atoms with Crippen LogP contribution < -0.4 is 10.6 Å². The summed E-state index contributed by atoms with van der Waals surface area (Å²) in [6.07, 6.45) is 3.23. The fourth-order valence-electron chi connectivity index (χ4n) is 3.08. The lowest BCUT2D eigenvalue weighted by Gasteiger charge is -2.43. The highest BCUT2D eigenvalue weighted by Crippen LogP contribution is 2.29. The van der Waals surface area contributed by atoms with Gasteiger partial charge >= 0.3 is 6.09 Å². The Bertz CT molecular complexity index is 433. The maximum atomic E-state index is 11.8. The summed E-state index contributed by atoms with van der Waals surface area (Å²) in [5.74, 6) is 0.712. The molecule has 2 aliphatic heterocycles. The molecular formula is C15H21ClN2O2. The van der Waals surface area contributed by atoms with Crippen molar-refractivity contribution in [3.63, 3.8) is 0 Å². The molecule has 4 rings (SSSR count). The van der Waals surface area contributed by atoms with Crippen molar-refractivity contribution in [2.45, 2.75) is 38.0 Å². The molecule has 3 fully saturated rings. The van der Waals surface area contributed by atoms with Crippen LogP contribution >= 0.6 is 12.4 Å². The largest absolute Gasteiger partial charge is 0.445 e. The molecule has 1 aliphatic carbocycles. The Morgan fingerprint density at radius 3 is 2.70 bits per heavy atom. The van der Waals surface area contributed by atoms with E-state index in [1.54, 1.807) is 0 Å². The number of rotatable bonds is 3. The minimum atomic E-state index is -0.303. The van der Waals surface area contributed by atoms with E-state index in [4.69, 9.17) is 4.74 Å². The van der Waals surface area contributed by atoms with Gasteiger partial charge in [0.05, 0.1) is 0 Å². The number of hydrogen-bond donors (Lipinski definition) is 2. The average molecular weight is 297 g/mol. The van der Waals surface area contributed by atoms with Gasteiger partial charge < -0.3 is 15.4 Å². The van der Waals surface area contributed by atoms with Crippen LogP contribution in [0.15, 0.2) is 30.3 Å².